The van der Waals surface area contributed by atoms with E-state index in [2.05, 4.69) is 12.1 Å². The highest BCUT2D eigenvalue weighted by molar-refractivity contribution is 5.83. The van der Waals surface area contributed by atoms with Crippen LogP contribution in [-0.4, -0.2) is 37.6 Å². The number of carbonyl (C=O) groups excluding carboxylic acids is 1. The van der Waals surface area contributed by atoms with Crippen LogP contribution in [0.25, 0.3) is 0 Å². The topological polar surface area (TPSA) is 29.5 Å². The van der Waals surface area contributed by atoms with Gasteiger partial charge >= 0.3 is 5.97 Å². The van der Waals surface area contributed by atoms with Crippen LogP contribution in [0.5, 0.6) is 0 Å². The van der Waals surface area contributed by atoms with Crippen molar-refractivity contribution in [3.05, 3.63) is 35.9 Å². The third kappa shape index (κ3) is 3.21. The minimum atomic E-state index is -0.415. The highest BCUT2D eigenvalue weighted by atomic mass is 16.5. The quantitative estimate of drug-likeness (QED) is 0.774. The monoisotopic (exact) mass is 275 g/mol. The maximum absolute atomic E-state index is 12.7. The number of likely N-dealkylation sites (N-methyl/N-ethyl adjacent to an activating group) is 1. The zero-order chi connectivity index (χ0) is 14.6. The van der Waals surface area contributed by atoms with Crippen molar-refractivity contribution in [2.45, 2.75) is 44.1 Å². The summed E-state index contributed by atoms with van der Waals surface area (Å²) in [6.45, 7) is 2.72. The van der Waals surface area contributed by atoms with Crippen molar-refractivity contribution in [1.29, 1.82) is 0 Å². The Kier molecular flexibility index (Phi) is 4.81. The second-order valence-corrected chi connectivity index (χ2v) is 6.13. The Hall–Kier alpha value is -1.35. The van der Waals surface area contributed by atoms with E-state index >= 15 is 0 Å². The van der Waals surface area contributed by atoms with Crippen molar-refractivity contribution < 1.29 is 9.53 Å². The number of nitrogens with zero attached hydrogens (tertiary/aromatic N) is 1. The number of rotatable bonds is 5. The third-order valence-electron chi connectivity index (χ3n) is 4.10. The first-order valence-corrected chi connectivity index (χ1v) is 7.46. The molecule has 0 spiro atoms. The molecule has 0 N–H and O–H groups in total. The normalized spacial score (nSPS) is 19.0. The van der Waals surface area contributed by atoms with Crippen molar-refractivity contribution in [1.82, 2.24) is 4.90 Å². The Labute approximate surface area is 121 Å². The molecule has 0 aliphatic heterocycles. The first kappa shape index (κ1) is 15.0. The Morgan fingerprint density at radius 1 is 1.25 bits per heavy atom. The van der Waals surface area contributed by atoms with Crippen LogP contribution in [0.2, 0.25) is 0 Å². The average molecular weight is 275 g/mol. The second kappa shape index (κ2) is 6.40. The summed E-state index contributed by atoms with van der Waals surface area (Å²) < 4.78 is 5.72. The van der Waals surface area contributed by atoms with Gasteiger partial charge in [-0.2, -0.15) is 0 Å². The van der Waals surface area contributed by atoms with Crippen molar-refractivity contribution in [2.75, 3.05) is 20.6 Å². The summed E-state index contributed by atoms with van der Waals surface area (Å²) in [5.74, 6) is -0.0458. The molecular formula is C17H25NO2. The third-order valence-corrected chi connectivity index (χ3v) is 4.10. The Morgan fingerprint density at radius 3 is 2.40 bits per heavy atom. The number of ether oxygens (including phenoxy) is 1. The molecule has 1 aromatic rings. The highest BCUT2D eigenvalue weighted by Gasteiger charge is 2.44. The lowest BCUT2D eigenvalue weighted by atomic mass is 9.79. The smallest absolute Gasteiger partial charge is 0.316 e. The summed E-state index contributed by atoms with van der Waals surface area (Å²) in [5, 5.41) is 0. The molecule has 0 saturated heterocycles. The summed E-state index contributed by atoms with van der Waals surface area (Å²) in [5.41, 5.74) is 0.696. The van der Waals surface area contributed by atoms with Crippen molar-refractivity contribution >= 4 is 5.97 Å². The second-order valence-electron chi connectivity index (χ2n) is 6.13. The van der Waals surface area contributed by atoms with Gasteiger partial charge in [0, 0.05) is 6.54 Å². The van der Waals surface area contributed by atoms with E-state index < -0.39 is 5.41 Å². The van der Waals surface area contributed by atoms with Crippen LogP contribution in [-0.2, 0) is 14.9 Å². The first-order chi connectivity index (χ1) is 9.54. The molecular weight excluding hydrogens is 250 g/mol. The van der Waals surface area contributed by atoms with E-state index in [1.807, 2.05) is 44.1 Å². The first-order valence-electron chi connectivity index (χ1n) is 7.46. The summed E-state index contributed by atoms with van der Waals surface area (Å²) in [6.07, 6.45) is 3.95. The fourth-order valence-electron chi connectivity index (χ4n) is 3.19. The zero-order valence-corrected chi connectivity index (χ0v) is 12.8. The maximum atomic E-state index is 12.7. The van der Waals surface area contributed by atoms with E-state index in [0.29, 0.717) is 0 Å². The predicted molar refractivity (Wildman–Crippen MR) is 80.7 cm³/mol. The number of carbonyl (C=O) groups is 1. The fourth-order valence-corrected chi connectivity index (χ4v) is 3.19. The van der Waals surface area contributed by atoms with Crippen LogP contribution in [0.4, 0.5) is 0 Å². The van der Waals surface area contributed by atoms with Gasteiger partial charge in [-0.25, -0.2) is 0 Å². The maximum Gasteiger partial charge on any atom is 0.316 e. The lowest BCUT2D eigenvalue weighted by Gasteiger charge is -2.29. The van der Waals surface area contributed by atoms with Gasteiger partial charge in [-0.15, -0.1) is 0 Å². The SMILES string of the molecule is C[C@H](CN(C)C)OC(=O)C1(c2ccccc2)CCCC1. The summed E-state index contributed by atoms with van der Waals surface area (Å²) in [6, 6.07) is 10.1. The Morgan fingerprint density at radius 2 is 1.85 bits per heavy atom. The lowest BCUT2D eigenvalue weighted by molar-refractivity contribution is -0.155. The lowest BCUT2D eigenvalue weighted by Crippen LogP contribution is -2.38. The van der Waals surface area contributed by atoms with Crippen LogP contribution >= 0.6 is 0 Å². The molecule has 3 nitrogen and oxygen atoms in total. The van der Waals surface area contributed by atoms with Crippen molar-refractivity contribution in [3.8, 4) is 0 Å². The van der Waals surface area contributed by atoms with Gasteiger partial charge in [0.15, 0.2) is 0 Å². The summed E-state index contributed by atoms with van der Waals surface area (Å²) in [4.78, 5) is 14.8. The number of benzene rings is 1. The van der Waals surface area contributed by atoms with Gasteiger partial charge in [0.2, 0.25) is 0 Å². The average Bonchev–Trinajstić information content (AvgIpc) is 2.89. The van der Waals surface area contributed by atoms with Crippen LogP contribution in [0.15, 0.2) is 30.3 Å². The molecule has 0 unspecified atom stereocenters. The zero-order valence-electron chi connectivity index (χ0n) is 12.8. The molecule has 0 bridgehead atoms. The van der Waals surface area contributed by atoms with E-state index in [1.165, 1.54) is 0 Å². The van der Waals surface area contributed by atoms with Crippen molar-refractivity contribution in [3.63, 3.8) is 0 Å². The highest BCUT2D eigenvalue weighted by Crippen LogP contribution is 2.42. The van der Waals surface area contributed by atoms with Gasteiger partial charge in [-0.05, 0) is 39.4 Å². The minimum Gasteiger partial charge on any atom is -0.461 e. The van der Waals surface area contributed by atoms with E-state index in [4.69, 9.17) is 4.74 Å². The molecule has 2 rings (SSSR count). The predicted octanol–water partition coefficient (Wildman–Crippen LogP) is 2.99. The van der Waals surface area contributed by atoms with E-state index in [9.17, 15) is 4.79 Å². The Bertz CT molecular complexity index is 436. The number of hydrogen-bond donors (Lipinski definition) is 0. The largest absolute Gasteiger partial charge is 0.461 e. The van der Waals surface area contributed by atoms with Gasteiger partial charge in [0.1, 0.15) is 6.10 Å². The van der Waals surface area contributed by atoms with Gasteiger partial charge in [0.25, 0.3) is 0 Å². The molecule has 1 aliphatic carbocycles. The van der Waals surface area contributed by atoms with Crippen LogP contribution in [0, 0.1) is 0 Å². The van der Waals surface area contributed by atoms with Gasteiger partial charge in [0.05, 0.1) is 5.41 Å². The molecule has 20 heavy (non-hydrogen) atoms. The van der Waals surface area contributed by atoms with E-state index in [-0.39, 0.29) is 12.1 Å². The molecule has 3 heteroatoms. The molecule has 0 heterocycles. The molecule has 0 radical (unpaired) electrons. The Balaban J connectivity index is 2.15. The molecule has 0 aromatic heterocycles. The molecule has 1 aromatic carbocycles. The number of esters is 1. The van der Waals surface area contributed by atoms with E-state index in [0.717, 1.165) is 37.8 Å². The van der Waals surface area contributed by atoms with Gasteiger partial charge < -0.3 is 9.64 Å². The molecule has 0 amide bonds. The van der Waals surface area contributed by atoms with Gasteiger partial charge in [-0.3, -0.25) is 4.79 Å². The summed E-state index contributed by atoms with van der Waals surface area (Å²) >= 11 is 0. The van der Waals surface area contributed by atoms with Gasteiger partial charge in [-0.1, -0.05) is 43.2 Å². The van der Waals surface area contributed by atoms with Crippen LogP contribution < -0.4 is 0 Å². The standard InChI is InChI=1S/C17H25NO2/c1-14(13-18(2)3)20-16(19)17(11-7-8-12-17)15-9-5-4-6-10-15/h4-6,9-10,14H,7-8,11-13H2,1-3H3/t14-/m1/s1. The van der Waals surface area contributed by atoms with Crippen molar-refractivity contribution in [2.24, 2.45) is 0 Å². The molecule has 110 valence electrons. The van der Waals surface area contributed by atoms with E-state index in [1.54, 1.807) is 0 Å². The number of hydrogen-bond acceptors (Lipinski definition) is 3. The van der Waals surface area contributed by atoms with Crippen LogP contribution in [0.3, 0.4) is 0 Å². The molecule has 1 fully saturated rings. The molecule has 1 saturated carbocycles. The fraction of sp³-hybridized carbons (Fsp3) is 0.588. The molecule has 1 atom stereocenters. The van der Waals surface area contributed by atoms with Crippen LogP contribution in [0.1, 0.15) is 38.2 Å². The minimum absolute atomic E-state index is 0.0458. The molecule has 1 aliphatic rings. The summed E-state index contributed by atoms with van der Waals surface area (Å²) in [7, 11) is 3.99.